The van der Waals surface area contributed by atoms with Crippen molar-refractivity contribution in [1.29, 1.82) is 0 Å². The Bertz CT molecular complexity index is 1500. The molecule has 7 nitrogen and oxygen atoms in total. The lowest BCUT2D eigenvalue weighted by Crippen LogP contribution is -2.36. The van der Waals surface area contributed by atoms with E-state index in [2.05, 4.69) is 59.7 Å². The van der Waals surface area contributed by atoms with E-state index in [1.54, 1.807) is 21.7 Å². The third-order valence-electron chi connectivity index (χ3n) is 8.84. The van der Waals surface area contributed by atoms with E-state index in [1.807, 2.05) is 12.1 Å². The van der Waals surface area contributed by atoms with Gasteiger partial charge in [-0.25, -0.2) is 8.42 Å². The van der Waals surface area contributed by atoms with Gasteiger partial charge in [0.2, 0.25) is 15.5 Å². The molecule has 0 aliphatic carbocycles. The molecule has 0 amide bonds. The first-order chi connectivity index (χ1) is 22.3. The van der Waals surface area contributed by atoms with Gasteiger partial charge in [0.15, 0.2) is 6.54 Å². The number of benzene rings is 2. The van der Waals surface area contributed by atoms with Crippen molar-refractivity contribution in [2.24, 2.45) is 0 Å². The number of piperidine rings is 1. The summed E-state index contributed by atoms with van der Waals surface area (Å²) in [6.07, 6.45) is 18.5. The molecule has 254 valence electrons. The average Bonchev–Trinajstić information content (AvgIpc) is 3.42. The Morgan fingerprint density at radius 3 is 2.17 bits per heavy atom. The van der Waals surface area contributed by atoms with E-state index in [9.17, 15) is 17.2 Å². The predicted octanol–water partition coefficient (Wildman–Crippen LogP) is 8.16. The smallest absolute Gasteiger partial charge is 0.262 e. The van der Waals surface area contributed by atoms with Gasteiger partial charge in [-0.05, 0) is 68.0 Å². The molecule has 3 aromatic rings. The summed E-state index contributed by atoms with van der Waals surface area (Å²) < 4.78 is 53.8. The van der Waals surface area contributed by atoms with Crippen molar-refractivity contribution in [3.05, 3.63) is 53.0 Å². The molecule has 46 heavy (non-hydrogen) atoms. The summed E-state index contributed by atoms with van der Waals surface area (Å²) in [6.45, 7) is 8.52. The van der Waals surface area contributed by atoms with Crippen LogP contribution in [-0.4, -0.2) is 53.4 Å². The number of aromatic nitrogens is 1. The zero-order valence-corrected chi connectivity index (χ0v) is 30.3. The van der Waals surface area contributed by atoms with Crippen LogP contribution in [0.15, 0.2) is 47.4 Å². The summed E-state index contributed by atoms with van der Waals surface area (Å²) in [5.41, 5.74) is 3.36. The minimum Gasteiger partial charge on any atom is -0.772 e. The molecule has 1 aliphatic rings. The molecule has 0 radical (unpaired) electrons. The Labute approximate surface area is 284 Å². The zero-order chi connectivity index (χ0) is 32.8. The molecule has 0 N–H and O–H groups in total. The number of anilines is 1. The minimum absolute atomic E-state index is 0.145. The number of hydrogen-bond donors (Lipinski definition) is 0. The van der Waals surface area contributed by atoms with Crippen LogP contribution in [0.4, 0.5) is 5.69 Å². The van der Waals surface area contributed by atoms with Crippen LogP contribution in [0.5, 0.6) is 0 Å². The number of rotatable bonds is 20. The first-order valence-electron chi connectivity index (χ1n) is 17.4. The highest BCUT2D eigenvalue weighted by atomic mass is 32.2. The lowest BCUT2D eigenvalue weighted by Gasteiger charge is -2.25. The molecule has 4 rings (SSSR count). The number of sulfonamides is 1. The van der Waals surface area contributed by atoms with Crippen molar-refractivity contribution >= 4 is 60.5 Å². The van der Waals surface area contributed by atoms with Gasteiger partial charge in [-0.1, -0.05) is 93.3 Å². The van der Waals surface area contributed by atoms with Gasteiger partial charge < -0.3 is 9.45 Å². The molecule has 10 heteroatoms. The highest BCUT2D eigenvalue weighted by Crippen LogP contribution is 2.28. The van der Waals surface area contributed by atoms with Gasteiger partial charge >= 0.3 is 0 Å². The van der Waals surface area contributed by atoms with Crippen LogP contribution in [0.1, 0.15) is 108 Å². The van der Waals surface area contributed by atoms with Gasteiger partial charge in [-0.3, -0.25) is 4.21 Å². The number of fused-ring (bicyclic) bond motifs is 1. The molecule has 1 aliphatic heterocycles. The van der Waals surface area contributed by atoms with Crippen molar-refractivity contribution in [1.82, 2.24) is 4.31 Å². The third kappa shape index (κ3) is 10.7. The molecule has 2 heterocycles. The minimum atomic E-state index is -3.53. The van der Waals surface area contributed by atoms with Crippen molar-refractivity contribution in [2.75, 3.05) is 36.8 Å². The van der Waals surface area contributed by atoms with Crippen LogP contribution in [0.3, 0.4) is 0 Å². The normalized spacial score (nSPS) is 15.2. The monoisotopic (exact) mass is 687 g/mol. The maximum atomic E-state index is 13.4. The molecule has 1 fully saturated rings. The highest BCUT2D eigenvalue weighted by Gasteiger charge is 2.28. The summed E-state index contributed by atoms with van der Waals surface area (Å²) in [7, 11) is -3.53. The third-order valence-corrected chi connectivity index (χ3v) is 12.5. The highest BCUT2D eigenvalue weighted by molar-refractivity contribution is 7.89. The van der Waals surface area contributed by atoms with Crippen LogP contribution in [0, 0.1) is 0 Å². The SMILES string of the molecule is CCCCCCN(CCCCCC)c1ccc(C=Cc2sc3cc(S(=O)(=O)N4CCCCC4)ccc3[n+]2CCCCS(=O)[O-])cc1. The summed E-state index contributed by atoms with van der Waals surface area (Å²) in [4.78, 5) is 2.89. The lowest BCUT2D eigenvalue weighted by molar-refractivity contribution is -0.669. The van der Waals surface area contributed by atoms with Gasteiger partial charge in [0, 0.05) is 56.2 Å². The van der Waals surface area contributed by atoms with Crippen molar-refractivity contribution in [3.8, 4) is 0 Å². The Kier molecular flexibility index (Phi) is 15.2. The molecule has 2 aromatic carbocycles. The van der Waals surface area contributed by atoms with E-state index >= 15 is 0 Å². The second-order valence-electron chi connectivity index (χ2n) is 12.4. The molecule has 1 unspecified atom stereocenters. The second-order valence-corrected chi connectivity index (χ2v) is 16.5. The van der Waals surface area contributed by atoms with Gasteiger partial charge in [0.25, 0.3) is 5.01 Å². The van der Waals surface area contributed by atoms with Gasteiger partial charge in [-0.2, -0.15) is 8.87 Å². The topological polar surface area (TPSA) is 84.6 Å². The van der Waals surface area contributed by atoms with Crippen LogP contribution in [0.2, 0.25) is 0 Å². The van der Waals surface area contributed by atoms with Crippen LogP contribution >= 0.6 is 11.3 Å². The standard InChI is InChI=1S/C36H53N3O4S3/c1-3-5-7-10-24-37(25-11-8-6-4-2)32-19-16-31(17-20-32)18-23-36-39(28-14-15-29-45(40)41)34-22-21-33(30-35(34)44-36)46(42,43)38-26-12-9-13-27-38/h16-23,30H,3-15,24-29H2,1-2H3. The maximum Gasteiger partial charge on any atom is 0.262 e. The molecule has 1 aromatic heterocycles. The summed E-state index contributed by atoms with van der Waals surface area (Å²) >= 11 is -0.466. The largest absolute Gasteiger partial charge is 0.772 e. The number of nitrogens with zero attached hydrogens (tertiary/aromatic N) is 3. The first-order valence-corrected chi connectivity index (χ1v) is 20.9. The van der Waals surface area contributed by atoms with Gasteiger partial charge in [-0.15, -0.1) is 0 Å². The first kappa shape index (κ1) is 36.7. The summed E-state index contributed by atoms with van der Waals surface area (Å²) in [5, 5.41) is 1.02. The Morgan fingerprint density at radius 1 is 0.870 bits per heavy atom. The van der Waals surface area contributed by atoms with E-state index in [0.29, 0.717) is 31.0 Å². The van der Waals surface area contributed by atoms with Crippen LogP contribution < -0.4 is 9.47 Å². The summed E-state index contributed by atoms with van der Waals surface area (Å²) in [5.74, 6) is 0.145. The predicted molar refractivity (Wildman–Crippen MR) is 194 cm³/mol. The fourth-order valence-electron chi connectivity index (χ4n) is 6.14. The fourth-order valence-corrected chi connectivity index (χ4v) is 9.33. The van der Waals surface area contributed by atoms with Crippen molar-refractivity contribution < 1.29 is 21.7 Å². The molecule has 0 spiro atoms. The number of hydrogen-bond acceptors (Lipinski definition) is 6. The van der Waals surface area contributed by atoms with Crippen LogP contribution in [0.25, 0.3) is 22.4 Å². The molecular weight excluding hydrogens is 635 g/mol. The molecule has 1 saturated heterocycles. The number of unbranched alkanes of at least 4 members (excludes halogenated alkanes) is 7. The summed E-state index contributed by atoms with van der Waals surface area (Å²) in [6, 6.07) is 14.3. The molecule has 1 atom stereocenters. The van der Waals surface area contributed by atoms with E-state index < -0.39 is 21.1 Å². The van der Waals surface area contributed by atoms with E-state index in [1.165, 1.54) is 57.1 Å². The quantitative estimate of drug-likeness (QED) is 0.0680. The Morgan fingerprint density at radius 2 is 1.54 bits per heavy atom. The molecular formula is C36H53N3O4S3. The Hall–Kier alpha value is -2.11. The van der Waals surface area contributed by atoms with Gasteiger partial charge in [0.05, 0.1) is 4.90 Å². The second kappa shape index (κ2) is 19.0. The molecule has 0 bridgehead atoms. The Balaban J connectivity index is 1.55. The zero-order valence-electron chi connectivity index (χ0n) is 27.8. The number of thiazole rings is 1. The van der Waals surface area contributed by atoms with Crippen molar-refractivity contribution in [3.63, 3.8) is 0 Å². The average molecular weight is 688 g/mol. The molecule has 0 saturated carbocycles. The van der Waals surface area contributed by atoms with Crippen LogP contribution in [-0.2, 0) is 27.6 Å². The van der Waals surface area contributed by atoms with Crippen molar-refractivity contribution in [2.45, 2.75) is 109 Å². The van der Waals surface area contributed by atoms with Gasteiger partial charge in [0.1, 0.15) is 4.70 Å². The lowest BCUT2D eigenvalue weighted by atomic mass is 10.1. The maximum absolute atomic E-state index is 13.4. The fraction of sp³-hybridized carbons (Fsp3) is 0.583. The van der Waals surface area contributed by atoms with E-state index in [0.717, 1.165) is 59.6 Å². The number of aryl methyl sites for hydroxylation is 1. The van der Waals surface area contributed by atoms with E-state index in [-0.39, 0.29) is 5.75 Å². The van der Waals surface area contributed by atoms with E-state index in [4.69, 9.17) is 0 Å².